The first kappa shape index (κ1) is 10.9. The van der Waals surface area contributed by atoms with Crippen LogP contribution in [-0.2, 0) is 0 Å². The molecule has 0 saturated carbocycles. The number of nitrogens with zero attached hydrogens (tertiary/aromatic N) is 1. The van der Waals surface area contributed by atoms with E-state index in [4.69, 9.17) is 11.5 Å². The fourth-order valence-electron chi connectivity index (χ4n) is 1.87. The highest BCUT2D eigenvalue weighted by Crippen LogP contribution is 2.06. The number of piperazine rings is 1. The molecular weight excluding hydrogens is 164 g/mol. The summed E-state index contributed by atoms with van der Waals surface area (Å²) < 4.78 is 0. The first-order valence-electron chi connectivity index (χ1n) is 5.23. The number of rotatable bonds is 5. The van der Waals surface area contributed by atoms with Gasteiger partial charge in [-0.15, -0.1) is 0 Å². The maximum Gasteiger partial charge on any atom is 0.0233 e. The maximum atomic E-state index is 5.57. The van der Waals surface area contributed by atoms with E-state index in [0.29, 0.717) is 6.04 Å². The highest BCUT2D eigenvalue weighted by atomic mass is 15.2. The van der Waals surface area contributed by atoms with Gasteiger partial charge in [0.15, 0.2) is 0 Å². The van der Waals surface area contributed by atoms with Gasteiger partial charge in [0.05, 0.1) is 0 Å². The standard InChI is InChI=1S/C9H22N4/c10-3-1-6-13-7-5-12-8-9(13)2-4-11/h9,12H,1-8,10-11H2. The lowest BCUT2D eigenvalue weighted by Gasteiger charge is -2.36. The number of nitrogens with one attached hydrogen (secondary N) is 1. The van der Waals surface area contributed by atoms with Crippen LogP contribution in [0.3, 0.4) is 0 Å². The normalized spacial score (nSPS) is 24.9. The van der Waals surface area contributed by atoms with Crippen LogP contribution in [-0.4, -0.2) is 50.2 Å². The SMILES string of the molecule is NCCCN1CCNCC1CCN. The Balaban J connectivity index is 2.28. The lowest BCUT2D eigenvalue weighted by molar-refractivity contribution is 0.154. The summed E-state index contributed by atoms with van der Waals surface area (Å²) in [5.41, 5.74) is 11.1. The fraction of sp³-hybridized carbons (Fsp3) is 1.00. The van der Waals surface area contributed by atoms with Crippen LogP contribution in [0.5, 0.6) is 0 Å². The van der Waals surface area contributed by atoms with E-state index in [1.807, 2.05) is 0 Å². The monoisotopic (exact) mass is 186 g/mol. The van der Waals surface area contributed by atoms with Crippen molar-refractivity contribution in [2.75, 3.05) is 39.3 Å². The number of hydrogen-bond acceptors (Lipinski definition) is 4. The molecule has 1 aliphatic heterocycles. The minimum atomic E-state index is 0.630. The van der Waals surface area contributed by atoms with Crippen molar-refractivity contribution in [3.05, 3.63) is 0 Å². The average molecular weight is 186 g/mol. The Morgan fingerprint density at radius 3 is 2.85 bits per heavy atom. The molecule has 0 aromatic rings. The third-order valence-electron chi connectivity index (χ3n) is 2.62. The van der Waals surface area contributed by atoms with Crippen LogP contribution < -0.4 is 16.8 Å². The van der Waals surface area contributed by atoms with Crippen LogP contribution in [0.2, 0.25) is 0 Å². The second-order valence-corrected chi connectivity index (χ2v) is 3.61. The lowest BCUT2D eigenvalue weighted by Crippen LogP contribution is -2.52. The van der Waals surface area contributed by atoms with Gasteiger partial charge in [-0.1, -0.05) is 0 Å². The molecule has 0 aromatic carbocycles. The Morgan fingerprint density at radius 2 is 2.15 bits per heavy atom. The largest absolute Gasteiger partial charge is 0.330 e. The molecule has 0 spiro atoms. The smallest absolute Gasteiger partial charge is 0.0233 e. The lowest BCUT2D eigenvalue weighted by atomic mass is 10.1. The molecule has 4 nitrogen and oxygen atoms in total. The Hall–Kier alpha value is -0.160. The van der Waals surface area contributed by atoms with E-state index in [-0.39, 0.29) is 0 Å². The summed E-state index contributed by atoms with van der Waals surface area (Å²) >= 11 is 0. The molecule has 0 radical (unpaired) electrons. The van der Waals surface area contributed by atoms with Gasteiger partial charge in [-0.25, -0.2) is 0 Å². The predicted molar refractivity (Wildman–Crippen MR) is 55.6 cm³/mol. The van der Waals surface area contributed by atoms with Gasteiger partial charge in [-0.3, -0.25) is 4.90 Å². The molecule has 0 bridgehead atoms. The Kier molecular flexibility index (Phi) is 5.31. The summed E-state index contributed by atoms with van der Waals surface area (Å²) in [5.74, 6) is 0. The van der Waals surface area contributed by atoms with Crippen molar-refractivity contribution in [3.63, 3.8) is 0 Å². The van der Waals surface area contributed by atoms with Gasteiger partial charge in [-0.2, -0.15) is 0 Å². The average Bonchev–Trinajstić information content (AvgIpc) is 2.17. The Bertz CT molecular complexity index is 127. The van der Waals surface area contributed by atoms with Gasteiger partial charge in [0, 0.05) is 25.7 Å². The van der Waals surface area contributed by atoms with Gasteiger partial charge in [0.25, 0.3) is 0 Å². The second-order valence-electron chi connectivity index (χ2n) is 3.61. The van der Waals surface area contributed by atoms with Gasteiger partial charge >= 0.3 is 0 Å². The van der Waals surface area contributed by atoms with Gasteiger partial charge in [0.2, 0.25) is 0 Å². The molecule has 0 amide bonds. The van der Waals surface area contributed by atoms with E-state index in [1.165, 1.54) is 0 Å². The molecule has 1 saturated heterocycles. The van der Waals surface area contributed by atoms with Crippen molar-refractivity contribution in [2.24, 2.45) is 11.5 Å². The molecule has 1 atom stereocenters. The summed E-state index contributed by atoms with van der Waals surface area (Å²) in [5, 5.41) is 3.40. The van der Waals surface area contributed by atoms with Crippen molar-refractivity contribution in [1.82, 2.24) is 10.2 Å². The molecular formula is C9H22N4. The molecule has 1 aliphatic rings. The zero-order chi connectivity index (χ0) is 9.52. The summed E-state index contributed by atoms with van der Waals surface area (Å²) in [7, 11) is 0. The Labute approximate surface area is 80.6 Å². The van der Waals surface area contributed by atoms with Crippen molar-refractivity contribution in [3.8, 4) is 0 Å². The summed E-state index contributed by atoms with van der Waals surface area (Å²) in [4.78, 5) is 2.51. The second kappa shape index (κ2) is 6.32. The molecule has 1 rings (SSSR count). The molecule has 1 heterocycles. The van der Waals surface area contributed by atoms with E-state index < -0.39 is 0 Å². The molecule has 0 aliphatic carbocycles. The van der Waals surface area contributed by atoms with Crippen molar-refractivity contribution >= 4 is 0 Å². The van der Waals surface area contributed by atoms with Crippen LogP contribution in [0.1, 0.15) is 12.8 Å². The molecule has 1 unspecified atom stereocenters. The minimum Gasteiger partial charge on any atom is -0.330 e. The van der Waals surface area contributed by atoms with Crippen molar-refractivity contribution < 1.29 is 0 Å². The molecule has 0 aromatic heterocycles. The van der Waals surface area contributed by atoms with Crippen LogP contribution in [0.25, 0.3) is 0 Å². The van der Waals surface area contributed by atoms with E-state index >= 15 is 0 Å². The topological polar surface area (TPSA) is 67.3 Å². The zero-order valence-electron chi connectivity index (χ0n) is 8.34. The van der Waals surface area contributed by atoms with E-state index in [2.05, 4.69) is 10.2 Å². The van der Waals surface area contributed by atoms with Gasteiger partial charge in [0.1, 0.15) is 0 Å². The van der Waals surface area contributed by atoms with Gasteiger partial charge in [-0.05, 0) is 32.5 Å². The van der Waals surface area contributed by atoms with Crippen LogP contribution in [0.4, 0.5) is 0 Å². The fourth-order valence-corrected chi connectivity index (χ4v) is 1.87. The highest BCUT2D eigenvalue weighted by molar-refractivity contribution is 4.79. The molecule has 4 heteroatoms. The maximum absolute atomic E-state index is 5.57. The number of nitrogens with two attached hydrogens (primary N) is 2. The molecule has 5 N–H and O–H groups in total. The molecule has 1 fully saturated rings. The minimum absolute atomic E-state index is 0.630. The number of hydrogen-bond donors (Lipinski definition) is 3. The first-order valence-corrected chi connectivity index (χ1v) is 5.23. The summed E-state index contributed by atoms with van der Waals surface area (Å²) in [6.45, 7) is 6.03. The zero-order valence-corrected chi connectivity index (χ0v) is 8.34. The van der Waals surface area contributed by atoms with Gasteiger partial charge < -0.3 is 16.8 Å². The highest BCUT2D eigenvalue weighted by Gasteiger charge is 2.20. The summed E-state index contributed by atoms with van der Waals surface area (Å²) in [6.07, 6.45) is 2.19. The third kappa shape index (κ3) is 3.60. The van der Waals surface area contributed by atoms with Crippen LogP contribution >= 0.6 is 0 Å². The molecule has 78 valence electrons. The van der Waals surface area contributed by atoms with Crippen LogP contribution in [0, 0.1) is 0 Å². The van der Waals surface area contributed by atoms with Crippen molar-refractivity contribution in [1.29, 1.82) is 0 Å². The first-order chi connectivity index (χ1) is 6.38. The summed E-state index contributed by atoms with van der Waals surface area (Å²) in [6, 6.07) is 0.630. The van der Waals surface area contributed by atoms with Crippen molar-refractivity contribution in [2.45, 2.75) is 18.9 Å². The van der Waals surface area contributed by atoms with E-state index in [9.17, 15) is 0 Å². The predicted octanol–water partition coefficient (Wildman–Crippen LogP) is -1.04. The van der Waals surface area contributed by atoms with Crippen LogP contribution in [0.15, 0.2) is 0 Å². The van der Waals surface area contributed by atoms with E-state index in [0.717, 1.165) is 52.1 Å². The van der Waals surface area contributed by atoms with E-state index in [1.54, 1.807) is 0 Å². The Morgan fingerprint density at radius 1 is 1.31 bits per heavy atom. The third-order valence-corrected chi connectivity index (χ3v) is 2.62. The molecule has 13 heavy (non-hydrogen) atoms. The quantitative estimate of drug-likeness (QED) is 0.513.